The number of methoxy groups -OCH3 is 1. The smallest absolute Gasteiger partial charge is 0.124 e. The van der Waals surface area contributed by atoms with Crippen LogP contribution < -0.4 is 10.5 Å². The number of aromatic amines is 1. The second kappa shape index (κ2) is 5.67. The van der Waals surface area contributed by atoms with Gasteiger partial charge in [0.15, 0.2) is 0 Å². The van der Waals surface area contributed by atoms with Crippen molar-refractivity contribution in [1.29, 1.82) is 0 Å². The Morgan fingerprint density at radius 1 is 1.20 bits per heavy atom. The zero-order valence-corrected chi connectivity index (χ0v) is 12.9. The molecule has 0 spiro atoms. The van der Waals surface area contributed by atoms with Gasteiger partial charge in [0, 0.05) is 16.8 Å². The van der Waals surface area contributed by atoms with Crippen LogP contribution in [0.4, 0.5) is 0 Å². The van der Waals surface area contributed by atoms with Crippen LogP contribution in [0.5, 0.6) is 5.75 Å². The molecule has 2 rings (SSSR count). The SMILES string of the molecule is COc1c(C)cc(-c2n[nH]c(C)c2CCN)c(C)c1C. The van der Waals surface area contributed by atoms with E-state index >= 15 is 0 Å². The molecular weight excluding hydrogens is 250 g/mol. The third kappa shape index (κ3) is 2.31. The fourth-order valence-corrected chi connectivity index (χ4v) is 2.74. The minimum atomic E-state index is 0.626. The Labute approximate surface area is 120 Å². The van der Waals surface area contributed by atoms with Crippen LogP contribution in [-0.4, -0.2) is 23.9 Å². The summed E-state index contributed by atoms with van der Waals surface area (Å²) in [7, 11) is 1.72. The Balaban J connectivity index is 2.65. The minimum absolute atomic E-state index is 0.626. The lowest BCUT2D eigenvalue weighted by molar-refractivity contribution is 0.408. The second-order valence-corrected chi connectivity index (χ2v) is 5.24. The average molecular weight is 273 g/mol. The van der Waals surface area contributed by atoms with E-state index in [2.05, 4.69) is 37.0 Å². The van der Waals surface area contributed by atoms with Gasteiger partial charge in [0.2, 0.25) is 0 Å². The Bertz CT molecular complexity index is 629. The highest BCUT2D eigenvalue weighted by atomic mass is 16.5. The lowest BCUT2D eigenvalue weighted by atomic mass is 9.94. The molecule has 0 fully saturated rings. The summed E-state index contributed by atoms with van der Waals surface area (Å²) in [6, 6.07) is 2.15. The molecule has 1 heterocycles. The van der Waals surface area contributed by atoms with Gasteiger partial charge in [-0.1, -0.05) is 0 Å². The molecule has 0 bridgehead atoms. The number of hydrogen-bond acceptors (Lipinski definition) is 3. The van der Waals surface area contributed by atoms with E-state index in [1.54, 1.807) is 7.11 Å². The molecule has 0 atom stereocenters. The van der Waals surface area contributed by atoms with E-state index in [-0.39, 0.29) is 0 Å². The van der Waals surface area contributed by atoms with Gasteiger partial charge in [-0.25, -0.2) is 0 Å². The molecule has 4 nitrogen and oxygen atoms in total. The predicted molar refractivity (Wildman–Crippen MR) is 82.3 cm³/mol. The van der Waals surface area contributed by atoms with Crippen molar-refractivity contribution in [1.82, 2.24) is 10.2 Å². The lowest BCUT2D eigenvalue weighted by Gasteiger charge is -2.15. The first kappa shape index (κ1) is 14.6. The maximum absolute atomic E-state index is 5.72. The van der Waals surface area contributed by atoms with Gasteiger partial charge in [-0.3, -0.25) is 5.10 Å². The van der Waals surface area contributed by atoms with Crippen molar-refractivity contribution in [3.05, 3.63) is 34.0 Å². The molecule has 0 aliphatic rings. The predicted octanol–water partition coefficient (Wildman–Crippen LogP) is 2.82. The summed E-state index contributed by atoms with van der Waals surface area (Å²) >= 11 is 0. The quantitative estimate of drug-likeness (QED) is 0.900. The van der Waals surface area contributed by atoms with E-state index in [1.165, 1.54) is 16.7 Å². The summed E-state index contributed by atoms with van der Waals surface area (Å²) in [5.74, 6) is 0.957. The number of benzene rings is 1. The first-order valence-corrected chi connectivity index (χ1v) is 6.90. The van der Waals surface area contributed by atoms with Crippen molar-refractivity contribution in [3.63, 3.8) is 0 Å². The topological polar surface area (TPSA) is 63.9 Å². The van der Waals surface area contributed by atoms with Crippen LogP contribution in [0.1, 0.15) is 27.9 Å². The van der Waals surface area contributed by atoms with Crippen LogP contribution in [0.15, 0.2) is 6.07 Å². The lowest BCUT2D eigenvalue weighted by Crippen LogP contribution is -2.05. The summed E-state index contributed by atoms with van der Waals surface area (Å²) < 4.78 is 5.48. The fraction of sp³-hybridized carbons (Fsp3) is 0.438. The summed E-state index contributed by atoms with van der Waals surface area (Å²) in [6.07, 6.45) is 0.835. The zero-order valence-electron chi connectivity index (χ0n) is 12.9. The second-order valence-electron chi connectivity index (χ2n) is 5.24. The Kier molecular flexibility index (Phi) is 4.14. The number of aromatic nitrogens is 2. The number of rotatable bonds is 4. The van der Waals surface area contributed by atoms with Crippen LogP contribution >= 0.6 is 0 Å². The Hall–Kier alpha value is -1.81. The molecule has 0 radical (unpaired) electrons. The van der Waals surface area contributed by atoms with E-state index < -0.39 is 0 Å². The highest BCUT2D eigenvalue weighted by Crippen LogP contribution is 2.35. The molecule has 2 aromatic rings. The van der Waals surface area contributed by atoms with Crippen molar-refractivity contribution in [2.45, 2.75) is 34.1 Å². The minimum Gasteiger partial charge on any atom is -0.496 e. The van der Waals surface area contributed by atoms with Crippen LogP contribution in [0, 0.1) is 27.7 Å². The Morgan fingerprint density at radius 3 is 2.50 bits per heavy atom. The van der Waals surface area contributed by atoms with Crippen molar-refractivity contribution >= 4 is 0 Å². The van der Waals surface area contributed by atoms with Crippen LogP contribution in [0.2, 0.25) is 0 Å². The average Bonchev–Trinajstić information content (AvgIpc) is 2.77. The van der Waals surface area contributed by atoms with E-state index in [0.29, 0.717) is 6.54 Å². The summed E-state index contributed by atoms with van der Waals surface area (Å²) in [5.41, 5.74) is 13.7. The zero-order chi connectivity index (χ0) is 14.9. The van der Waals surface area contributed by atoms with E-state index in [1.807, 2.05) is 6.92 Å². The molecule has 0 aliphatic heterocycles. The highest BCUT2D eigenvalue weighted by Gasteiger charge is 2.17. The molecule has 4 heteroatoms. The monoisotopic (exact) mass is 273 g/mol. The molecule has 0 amide bonds. The van der Waals surface area contributed by atoms with Gasteiger partial charge in [0.05, 0.1) is 12.8 Å². The van der Waals surface area contributed by atoms with Gasteiger partial charge in [0.1, 0.15) is 5.75 Å². The molecule has 20 heavy (non-hydrogen) atoms. The molecule has 3 N–H and O–H groups in total. The van der Waals surface area contributed by atoms with Crippen molar-refractivity contribution in [2.24, 2.45) is 5.73 Å². The molecule has 0 saturated carbocycles. The molecule has 1 aromatic heterocycles. The van der Waals surface area contributed by atoms with Crippen molar-refractivity contribution in [3.8, 4) is 17.0 Å². The number of H-pyrrole nitrogens is 1. The number of nitrogens with zero attached hydrogens (tertiary/aromatic N) is 1. The summed E-state index contributed by atoms with van der Waals surface area (Å²) in [6.45, 7) is 8.94. The van der Waals surface area contributed by atoms with Gasteiger partial charge in [0.25, 0.3) is 0 Å². The number of hydrogen-bond donors (Lipinski definition) is 2. The molecule has 1 aromatic carbocycles. The summed E-state index contributed by atoms with van der Waals surface area (Å²) in [5, 5.41) is 7.56. The van der Waals surface area contributed by atoms with E-state index in [0.717, 1.165) is 34.7 Å². The maximum Gasteiger partial charge on any atom is 0.124 e. The van der Waals surface area contributed by atoms with Crippen LogP contribution in [0.25, 0.3) is 11.3 Å². The van der Waals surface area contributed by atoms with Crippen molar-refractivity contribution in [2.75, 3.05) is 13.7 Å². The van der Waals surface area contributed by atoms with E-state index in [4.69, 9.17) is 10.5 Å². The van der Waals surface area contributed by atoms with Gasteiger partial charge in [-0.15, -0.1) is 0 Å². The van der Waals surface area contributed by atoms with Crippen LogP contribution in [0.3, 0.4) is 0 Å². The summed E-state index contributed by atoms with van der Waals surface area (Å²) in [4.78, 5) is 0. The molecule has 108 valence electrons. The number of nitrogens with two attached hydrogens (primary N) is 1. The largest absolute Gasteiger partial charge is 0.496 e. The number of ether oxygens (including phenoxy) is 1. The Morgan fingerprint density at radius 2 is 1.90 bits per heavy atom. The normalized spacial score (nSPS) is 10.9. The molecular formula is C16H23N3O. The molecule has 0 unspecified atom stereocenters. The first-order valence-electron chi connectivity index (χ1n) is 6.90. The van der Waals surface area contributed by atoms with E-state index in [9.17, 15) is 0 Å². The number of aryl methyl sites for hydroxylation is 2. The third-order valence-electron chi connectivity index (χ3n) is 3.95. The number of nitrogens with one attached hydrogen (secondary N) is 1. The standard InChI is InChI=1S/C16H23N3O/c1-9-8-14(10(2)11(3)16(9)20-5)15-13(6-7-17)12(4)18-19-15/h8H,6-7,17H2,1-5H3,(H,18,19). The van der Waals surface area contributed by atoms with Gasteiger partial charge in [-0.05, 0) is 63.4 Å². The third-order valence-corrected chi connectivity index (χ3v) is 3.95. The van der Waals surface area contributed by atoms with Crippen molar-refractivity contribution < 1.29 is 4.74 Å². The van der Waals surface area contributed by atoms with Gasteiger partial charge in [-0.2, -0.15) is 5.10 Å². The fourth-order valence-electron chi connectivity index (χ4n) is 2.74. The maximum atomic E-state index is 5.72. The van der Waals surface area contributed by atoms with Crippen LogP contribution in [-0.2, 0) is 6.42 Å². The molecule has 0 saturated heterocycles. The molecule has 0 aliphatic carbocycles. The highest BCUT2D eigenvalue weighted by molar-refractivity contribution is 5.72. The van der Waals surface area contributed by atoms with Gasteiger partial charge < -0.3 is 10.5 Å². The van der Waals surface area contributed by atoms with Gasteiger partial charge >= 0.3 is 0 Å². The first-order chi connectivity index (χ1) is 9.51.